The molecule has 0 saturated carbocycles. The molecule has 30 heavy (non-hydrogen) atoms. The number of ether oxygens (including phenoxy) is 1. The molecule has 3 N–H and O–H groups in total. The molecule has 150 valence electrons. The lowest BCUT2D eigenvalue weighted by atomic mass is 10.1. The first kappa shape index (κ1) is 19.8. The Hall–Kier alpha value is -3.54. The summed E-state index contributed by atoms with van der Waals surface area (Å²) in [4.78, 5) is 14.6. The summed E-state index contributed by atoms with van der Waals surface area (Å²) >= 11 is 1.33. The van der Waals surface area contributed by atoms with E-state index in [-0.39, 0.29) is 6.10 Å². The van der Waals surface area contributed by atoms with Crippen molar-refractivity contribution in [1.82, 2.24) is 15.0 Å². The van der Waals surface area contributed by atoms with Crippen LogP contribution in [0.1, 0.15) is 36.0 Å². The van der Waals surface area contributed by atoms with Crippen molar-refractivity contribution in [2.45, 2.75) is 26.1 Å². The van der Waals surface area contributed by atoms with E-state index in [1.807, 2.05) is 19.9 Å². The summed E-state index contributed by atoms with van der Waals surface area (Å²) < 4.78 is 5.74. The van der Waals surface area contributed by atoms with E-state index in [4.69, 9.17) is 15.7 Å². The smallest absolute Gasteiger partial charge is 0.219 e. The number of aromatic nitrogens is 3. The third-order valence-corrected chi connectivity index (χ3v) is 5.48. The quantitative estimate of drug-likeness (QED) is 0.502. The van der Waals surface area contributed by atoms with Crippen LogP contribution in [0, 0.1) is 11.3 Å². The van der Waals surface area contributed by atoms with Gasteiger partial charge in [0.1, 0.15) is 16.8 Å². The number of anilines is 1. The molecule has 8 heteroatoms. The van der Waals surface area contributed by atoms with Crippen LogP contribution < -0.4 is 10.5 Å². The Morgan fingerprint density at radius 2 is 2.00 bits per heavy atom. The second-order valence-corrected chi connectivity index (χ2v) is 8.02. The molecule has 4 rings (SSSR count). The Balaban J connectivity index is 1.76. The van der Waals surface area contributed by atoms with Gasteiger partial charge in [-0.25, -0.2) is 15.0 Å². The van der Waals surface area contributed by atoms with Crippen LogP contribution in [0.25, 0.3) is 21.6 Å². The zero-order valence-corrected chi connectivity index (χ0v) is 17.2. The summed E-state index contributed by atoms with van der Waals surface area (Å²) in [5.74, 6) is 1.15. The standard InChI is InChI=1S/C22H19N5O2S/c1-12(2)29-21-15(7-4-8-25-21)18(28)17-10-16-19(24)26-20(27-22(16)30-17)14-6-3-5-13(9-14)11-23/h3-10,12,18,28H,1-2H3,(H2,24,26,27). The number of fused-ring (bicyclic) bond motifs is 1. The molecule has 0 spiro atoms. The Morgan fingerprint density at radius 3 is 2.77 bits per heavy atom. The lowest BCUT2D eigenvalue weighted by Crippen LogP contribution is -2.10. The number of pyridine rings is 1. The van der Waals surface area contributed by atoms with Crippen molar-refractivity contribution in [1.29, 1.82) is 5.26 Å². The molecule has 1 aromatic carbocycles. The summed E-state index contributed by atoms with van der Waals surface area (Å²) in [5.41, 5.74) is 7.99. The van der Waals surface area contributed by atoms with E-state index in [1.165, 1.54) is 11.3 Å². The van der Waals surface area contributed by atoms with Crippen molar-refractivity contribution < 1.29 is 9.84 Å². The van der Waals surface area contributed by atoms with Crippen LogP contribution in [-0.2, 0) is 0 Å². The highest BCUT2D eigenvalue weighted by Gasteiger charge is 2.21. The fraction of sp³-hybridized carbons (Fsp3) is 0.182. The van der Waals surface area contributed by atoms with Crippen molar-refractivity contribution in [3.8, 4) is 23.3 Å². The van der Waals surface area contributed by atoms with Crippen LogP contribution in [0.3, 0.4) is 0 Å². The van der Waals surface area contributed by atoms with E-state index in [0.29, 0.717) is 49.3 Å². The van der Waals surface area contributed by atoms with E-state index in [0.717, 1.165) is 0 Å². The van der Waals surface area contributed by atoms with E-state index < -0.39 is 6.10 Å². The third-order valence-electron chi connectivity index (χ3n) is 4.40. The van der Waals surface area contributed by atoms with Crippen LogP contribution in [-0.4, -0.2) is 26.2 Å². The topological polar surface area (TPSA) is 118 Å². The van der Waals surface area contributed by atoms with Crippen LogP contribution >= 0.6 is 11.3 Å². The highest BCUT2D eigenvalue weighted by molar-refractivity contribution is 7.18. The van der Waals surface area contributed by atoms with Crippen LogP contribution in [0.15, 0.2) is 48.7 Å². The van der Waals surface area contributed by atoms with Gasteiger partial charge in [-0.2, -0.15) is 5.26 Å². The van der Waals surface area contributed by atoms with Crippen molar-refractivity contribution in [2.75, 3.05) is 5.73 Å². The number of nitrogens with two attached hydrogens (primary N) is 1. The number of thiophene rings is 1. The molecule has 0 aliphatic rings. The Morgan fingerprint density at radius 1 is 1.17 bits per heavy atom. The molecular formula is C22H19N5O2S. The van der Waals surface area contributed by atoms with E-state index in [9.17, 15) is 5.11 Å². The molecule has 1 unspecified atom stereocenters. The van der Waals surface area contributed by atoms with Gasteiger partial charge in [-0.3, -0.25) is 0 Å². The molecule has 0 amide bonds. The first-order valence-electron chi connectivity index (χ1n) is 9.33. The zero-order chi connectivity index (χ0) is 21.3. The van der Waals surface area contributed by atoms with E-state index >= 15 is 0 Å². The average Bonchev–Trinajstić information content (AvgIpc) is 3.18. The highest BCUT2D eigenvalue weighted by atomic mass is 32.1. The van der Waals surface area contributed by atoms with E-state index in [2.05, 4.69) is 21.0 Å². The monoisotopic (exact) mass is 417 g/mol. The van der Waals surface area contributed by atoms with Gasteiger partial charge >= 0.3 is 0 Å². The second kappa shape index (κ2) is 8.06. The summed E-state index contributed by atoms with van der Waals surface area (Å²) in [6.45, 7) is 3.81. The zero-order valence-electron chi connectivity index (χ0n) is 16.4. The number of benzene rings is 1. The maximum absolute atomic E-state index is 11.0. The predicted octanol–water partition coefficient (Wildman–Crippen LogP) is 4.08. The van der Waals surface area contributed by atoms with Crippen molar-refractivity contribution in [3.63, 3.8) is 0 Å². The van der Waals surface area contributed by atoms with Gasteiger partial charge in [-0.1, -0.05) is 12.1 Å². The fourth-order valence-corrected chi connectivity index (χ4v) is 4.08. The molecule has 0 saturated heterocycles. The average molecular weight is 417 g/mol. The van der Waals surface area contributed by atoms with Crippen molar-refractivity contribution in [2.24, 2.45) is 0 Å². The molecular weight excluding hydrogens is 398 g/mol. The minimum atomic E-state index is -0.934. The minimum Gasteiger partial charge on any atom is -0.475 e. The molecule has 1 atom stereocenters. The number of aliphatic hydroxyl groups excluding tert-OH is 1. The number of nitriles is 1. The van der Waals surface area contributed by atoms with Gasteiger partial charge in [0.05, 0.1) is 23.1 Å². The van der Waals surface area contributed by atoms with Gasteiger partial charge in [0, 0.05) is 22.2 Å². The Kier molecular flexibility index (Phi) is 5.31. The van der Waals surface area contributed by atoms with Gasteiger partial charge in [0.2, 0.25) is 5.88 Å². The summed E-state index contributed by atoms with van der Waals surface area (Å²) in [6.07, 6.45) is 0.627. The summed E-state index contributed by atoms with van der Waals surface area (Å²) in [7, 11) is 0. The second-order valence-electron chi connectivity index (χ2n) is 6.96. The van der Waals surface area contributed by atoms with E-state index in [1.54, 1.807) is 42.6 Å². The molecule has 7 nitrogen and oxygen atoms in total. The largest absolute Gasteiger partial charge is 0.475 e. The maximum Gasteiger partial charge on any atom is 0.219 e. The number of rotatable bonds is 5. The number of aliphatic hydroxyl groups is 1. The predicted molar refractivity (Wildman–Crippen MR) is 116 cm³/mol. The normalized spacial score (nSPS) is 12.1. The van der Waals surface area contributed by atoms with Crippen molar-refractivity contribution in [3.05, 3.63) is 64.7 Å². The summed E-state index contributed by atoms with van der Waals surface area (Å²) in [5, 5.41) is 20.8. The van der Waals surface area contributed by atoms with Gasteiger partial charge < -0.3 is 15.6 Å². The van der Waals surface area contributed by atoms with Gasteiger partial charge in [0.25, 0.3) is 0 Å². The number of nitrogen functional groups attached to an aromatic ring is 1. The number of hydrogen-bond acceptors (Lipinski definition) is 8. The van der Waals surface area contributed by atoms with Gasteiger partial charge in [-0.15, -0.1) is 11.3 Å². The van der Waals surface area contributed by atoms with Crippen molar-refractivity contribution >= 4 is 27.4 Å². The fourth-order valence-electron chi connectivity index (χ4n) is 3.04. The molecule has 0 bridgehead atoms. The molecule has 0 radical (unpaired) electrons. The van der Waals surface area contributed by atoms with Crippen LogP contribution in [0.5, 0.6) is 5.88 Å². The Bertz CT molecular complexity index is 1260. The molecule has 0 aliphatic carbocycles. The lowest BCUT2D eigenvalue weighted by Gasteiger charge is -2.15. The van der Waals surface area contributed by atoms with Gasteiger partial charge in [-0.05, 0) is 44.2 Å². The first-order valence-corrected chi connectivity index (χ1v) is 10.1. The lowest BCUT2D eigenvalue weighted by molar-refractivity contribution is 0.195. The molecule has 4 aromatic rings. The number of hydrogen-bond donors (Lipinski definition) is 2. The Labute approximate surface area is 177 Å². The SMILES string of the molecule is CC(C)Oc1ncccc1C(O)c1cc2c(N)nc(-c3cccc(C#N)c3)nc2s1. The summed E-state index contributed by atoms with van der Waals surface area (Å²) in [6, 6.07) is 14.5. The first-order chi connectivity index (χ1) is 14.5. The van der Waals surface area contributed by atoms with Gasteiger partial charge in [0.15, 0.2) is 5.82 Å². The third kappa shape index (κ3) is 3.81. The van der Waals surface area contributed by atoms with Crippen LogP contribution in [0.2, 0.25) is 0 Å². The molecule has 0 fully saturated rings. The molecule has 0 aliphatic heterocycles. The maximum atomic E-state index is 11.0. The molecule has 3 heterocycles. The highest BCUT2D eigenvalue weighted by Crippen LogP contribution is 2.37. The minimum absolute atomic E-state index is 0.0681. The van der Waals surface area contributed by atoms with Crippen LogP contribution in [0.4, 0.5) is 5.82 Å². The molecule has 3 aromatic heterocycles. The number of nitrogens with zero attached hydrogens (tertiary/aromatic N) is 4.